The van der Waals surface area contributed by atoms with Gasteiger partial charge in [-0.15, -0.1) is 0 Å². The van der Waals surface area contributed by atoms with E-state index in [4.69, 9.17) is 28.4 Å². The fourth-order valence-corrected chi connectivity index (χ4v) is 19.8. The van der Waals surface area contributed by atoms with Crippen molar-refractivity contribution in [1.29, 1.82) is 0 Å². The highest BCUT2D eigenvalue weighted by Gasteiger charge is 2.65. The summed E-state index contributed by atoms with van der Waals surface area (Å²) < 4.78 is 121. The second-order valence-electron chi connectivity index (χ2n) is 35.9. The average Bonchev–Trinajstić information content (AvgIpc) is 1.57. The summed E-state index contributed by atoms with van der Waals surface area (Å²) in [7, 11) is -7.96. The number of hydrogen-bond acceptors (Lipinski definition) is 20. The van der Waals surface area contributed by atoms with Crippen LogP contribution in [0.2, 0.25) is 0 Å². The normalized spacial score (nSPS) is 29.6. The van der Waals surface area contributed by atoms with Crippen LogP contribution < -0.4 is 28.4 Å². The monoisotopic (exact) mass is 1620 g/mol. The number of nitrogens with one attached hydrogen (secondary N) is 2. The first-order valence-corrected chi connectivity index (χ1v) is 43.9. The highest BCUT2D eigenvalue weighted by Crippen LogP contribution is 2.59. The molecule has 24 nitrogen and oxygen atoms in total. The molecule has 6 heterocycles. The van der Waals surface area contributed by atoms with E-state index in [0.29, 0.717) is 85.8 Å². The quantitative estimate of drug-likeness (QED) is 0.0613. The molecule has 4 saturated carbocycles. The Morgan fingerprint density at radius 1 is 0.561 bits per heavy atom. The molecule has 0 spiro atoms. The van der Waals surface area contributed by atoms with E-state index in [1.54, 1.807) is 93.5 Å². The zero-order valence-corrected chi connectivity index (χ0v) is 70.2. The van der Waals surface area contributed by atoms with Gasteiger partial charge in [0.2, 0.25) is 55.4 Å². The van der Waals surface area contributed by atoms with Gasteiger partial charge in [-0.25, -0.2) is 35.6 Å². The van der Waals surface area contributed by atoms with Crippen molar-refractivity contribution < 1.29 is 92.4 Å². The van der Waals surface area contributed by atoms with Gasteiger partial charge in [0.05, 0.1) is 83.4 Å². The van der Waals surface area contributed by atoms with Crippen molar-refractivity contribution in [2.45, 2.75) is 270 Å². The summed E-state index contributed by atoms with van der Waals surface area (Å²) >= 11 is 0. The van der Waals surface area contributed by atoms with E-state index in [0.717, 1.165) is 12.8 Å². The summed E-state index contributed by atoms with van der Waals surface area (Å²) in [6.45, 7) is 26.1. The molecule has 28 heteroatoms. The van der Waals surface area contributed by atoms with E-state index in [1.165, 1.54) is 34.3 Å². The minimum absolute atomic E-state index is 0.0289. The fraction of sp³-hybridized carbons (Fsp3) is 0.651. The van der Waals surface area contributed by atoms with Crippen molar-refractivity contribution in [3.05, 3.63) is 84.7 Å². The van der Waals surface area contributed by atoms with Gasteiger partial charge >= 0.3 is 11.9 Å². The smallest absolute Gasteiger partial charge is 0.307 e. The number of hydrogen-bond donors (Lipinski definition) is 2. The Kier molecular flexibility index (Phi) is 26.0. The number of pyridine rings is 2. The predicted octanol–water partition coefficient (Wildman–Crippen LogP) is 13.7. The Hall–Kier alpha value is -8.14. The molecule has 2 aromatic heterocycles. The summed E-state index contributed by atoms with van der Waals surface area (Å²) in [6.07, 6.45) is 16.5. The van der Waals surface area contributed by atoms with Crippen LogP contribution in [0.3, 0.4) is 0 Å². The van der Waals surface area contributed by atoms with Gasteiger partial charge in [0.15, 0.2) is 34.7 Å². The van der Waals surface area contributed by atoms with E-state index < -0.39 is 135 Å². The zero-order chi connectivity index (χ0) is 83.0. The number of amides is 4. The molecule has 4 aromatic rings. The van der Waals surface area contributed by atoms with Crippen LogP contribution in [0, 0.1) is 69.8 Å². The van der Waals surface area contributed by atoms with Crippen LogP contribution >= 0.6 is 0 Å². The van der Waals surface area contributed by atoms with E-state index in [-0.39, 0.29) is 148 Å². The van der Waals surface area contributed by atoms with Crippen LogP contribution in [-0.2, 0) is 67.9 Å². The number of carbonyl (C=O) groups is 8. The van der Waals surface area contributed by atoms with Crippen LogP contribution in [0.5, 0.6) is 23.3 Å². The molecular weight excluding hydrogens is 1510 g/mol. The van der Waals surface area contributed by atoms with Gasteiger partial charge in [-0.2, -0.15) is 0 Å². The molecule has 6 fully saturated rings. The number of rotatable bonds is 20. The first-order chi connectivity index (χ1) is 53.6. The standard InChI is InChI=1S/2C43H58FN3O9S/c2*1-8-27-18-26(3)12-10-11-13-29-23-43(29,40(51)46-57(52,53)42(7)15-16-42)24-35(48)34-20-30(25-47(34)39(50)32(27)22-37(49)56-41(4,5)6)55-38-31-21-33(44)36(54-9-2)19-28(31)14-17-45-38/h2*11,13-14,17,19,21,26-27,29-30,32,34H,8-10,12,15-16,18,20,22-25H2,1-7H3,(H,46,51)/b2*13-11-/t26-,27+,29+,30+,32-,34-,43+;26-,27-,29-,30-,32+,34+,43-/m01/s1. The van der Waals surface area contributed by atoms with Crippen LogP contribution in [0.25, 0.3) is 21.5 Å². The number of carbonyl (C=O) groups excluding carboxylic acids is 8. The summed E-state index contributed by atoms with van der Waals surface area (Å²) in [6, 6.07) is 7.02. The number of benzene rings is 2. The van der Waals surface area contributed by atoms with Crippen LogP contribution in [0.1, 0.15) is 225 Å². The average molecular weight is 1620 g/mol. The Balaban J connectivity index is 0.000000225. The van der Waals surface area contributed by atoms with Gasteiger partial charge in [0.25, 0.3) is 0 Å². The molecular formula is C86H116F2N6O18S2. The second kappa shape index (κ2) is 34.2. The lowest BCUT2D eigenvalue weighted by Gasteiger charge is -2.33. The number of halogens is 2. The molecule has 0 unspecified atom stereocenters. The molecule has 14 atom stereocenters. The number of ether oxygens (including phenoxy) is 6. The lowest BCUT2D eigenvalue weighted by Crippen LogP contribution is -2.48. The number of aromatic nitrogens is 2. The third kappa shape index (κ3) is 19.8. The van der Waals surface area contributed by atoms with Crippen LogP contribution in [0.15, 0.2) is 73.1 Å². The van der Waals surface area contributed by atoms with E-state index in [2.05, 4.69) is 33.3 Å². The van der Waals surface area contributed by atoms with E-state index >= 15 is 18.4 Å². The third-order valence-electron chi connectivity index (χ3n) is 24.6. The van der Waals surface area contributed by atoms with Crippen LogP contribution in [0.4, 0.5) is 8.78 Å². The number of esters is 2. The molecule has 12 rings (SSSR count). The van der Waals surface area contributed by atoms with Gasteiger partial charge in [-0.3, -0.25) is 47.8 Å². The van der Waals surface area contributed by atoms with Crippen molar-refractivity contribution in [3.63, 3.8) is 0 Å². The van der Waals surface area contributed by atoms with Gasteiger partial charge < -0.3 is 38.2 Å². The van der Waals surface area contributed by atoms with Crippen molar-refractivity contribution in [2.75, 3.05) is 26.3 Å². The van der Waals surface area contributed by atoms with Gasteiger partial charge in [-0.05, 0) is 229 Å². The molecule has 4 aliphatic heterocycles. The third-order valence-corrected chi connectivity index (χ3v) is 28.9. The molecule has 0 bridgehead atoms. The van der Waals surface area contributed by atoms with E-state index in [1.807, 2.05) is 38.2 Å². The first kappa shape index (κ1) is 86.7. The summed E-state index contributed by atoms with van der Waals surface area (Å²) in [5, 5.41) is 2.02. The summed E-state index contributed by atoms with van der Waals surface area (Å²) in [5.41, 5.74) is -4.16. The molecule has 4 aliphatic carbocycles. The Morgan fingerprint density at radius 2 is 0.930 bits per heavy atom. The van der Waals surface area contributed by atoms with Gasteiger partial charge in [0, 0.05) is 48.8 Å². The SMILES string of the molecule is CCOc1cc2ccnc(O[C@@H]3C[C@H]4C(=O)C[C@]5(C(=O)NS(=O)(=O)C6(C)CC6)C[C@H]5/C=C\CC[C@@H](C)C[C@@H](CC)[C@H](CC(=O)OC(C)(C)C)C(=O)N4C3)c2cc1F.CCOc1cc2ccnc(O[C@@H]3C[C@H]4C(=O)C[C@]5(C(=O)NS(=O)(=O)C6(C)CC6)C[C@H]5/C=C\CC[C@H](C)C[C@@H](CC)[C@H](CC(=O)OC(C)(C)C)C(=O)N4C3)c2cc1F. The highest BCUT2D eigenvalue weighted by atomic mass is 32.2. The van der Waals surface area contributed by atoms with Crippen molar-refractivity contribution >= 4 is 88.7 Å². The summed E-state index contributed by atoms with van der Waals surface area (Å²) in [4.78, 5) is 126. The minimum Gasteiger partial charge on any atom is -0.491 e. The molecule has 2 saturated heterocycles. The molecule has 8 aliphatic rings. The number of nitrogens with zero attached hydrogens (tertiary/aromatic N) is 4. The lowest BCUT2D eigenvalue weighted by molar-refractivity contribution is -0.160. The number of fused-ring (bicyclic) bond motifs is 6. The minimum atomic E-state index is -3.98. The lowest BCUT2D eigenvalue weighted by atomic mass is 9.79. The maximum Gasteiger partial charge on any atom is 0.307 e. The number of Topliss-reactive ketones (excluding diaryl/α,β-unsaturated/α-hetero) is 2. The molecule has 114 heavy (non-hydrogen) atoms. The molecule has 0 radical (unpaired) electrons. The molecule has 2 aromatic carbocycles. The van der Waals surface area contributed by atoms with E-state index in [9.17, 15) is 45.6 Å². The van der Waals surface area contributed by atoms with Gasteiger partial charge in [0.1, 0.15) is 23.4 Å². The molecule has 2 N–H and O–H groups in total. The predicted molar refractivity (Wildman–Crippen MR) is 424 cm³/mol. The second-order valence-corrected chi connectivity index (χ2v) is 40.3. The maximum absolute atomic E-state index is 15.1. The maximum atomic E-state index is 15.1. The first-order valence-electron chi connectivity index (χ1n) is 40.9. The number of allylic oxidation sites excluding steroid dienone is 4. The molecule has 4 amide bonds. The largest absolute Gasteiger partial charge is 0.491 e. The highest BCUT2D eigenvalue weighted by molar-refractivity contribution is 7.92. The van der Waals surface area contributed by atoms with Crippen molar-refractivity contribution in [2.24, 2.45) is 58.2 Å². The van der Waals surface area contributed by atoms with Crippen LogP contribution in [-0.4, -0.2) is 155 Å². The summed E-state index contributed by atoms with van der Waals surface area (Å²) in [5.74, 6) is -7.15. The van der Waals surface area contributed by atoms with Crippen molar-refractivity contribution in [1.82, 2.24) is 29.2 Å². The Morgan fingerprint density at radius 3 is 1.26 bits per heavy atom. The number of sulfonamides is 2. The Bertz CT molecular complexity index is 4340. The van der Waals surface area contributed by atoms with Crippen molar-refractivity contribution in [3.8, 4) is 23.3 Å². The number of ketones is 2. The fourth-order valence-electron chi connectivity index (χ4n) is 17.1. The Labute approximate surface area is 669 Å². The topological polar surface area (TPSA) is 317 Å². The zero-order valence-electron chi connectivity index (χ0n) is 68.5. The molecule has 624 valence electrons. The van der Waals surface area contributed by atoms with Gasteiger partial charge in [-0.1, -0.05) is 64.8 Å².